The molecule has 12 heavy (non-hydrogen) atoms. The molecule has 62 valence electrons. The van der Waals surface area contributed by atoms with Gasteiger partial charge in [-0.1, -0.05) is 11.8 Å². The van der Waals surface area contributed by atoms with Crippen molar-refractivity contribution in [3.8, 4) is 11.8 Å². The number of aromatic nitrogens is 1. The number of hydrogen-bond acceptors (Lipinski definition) is 3. The predicted molar refractivity (Wildman–Crippen MR) is 50.9 cm³/mol. The molecule has 0 aliphatic heterocycles. The molecule has 0 aromatic carbocycles. The lowest BCUT2D eigenvalue weighted by molar-refractivity contribution is 0.281. The van der Waals surface area contributed by atoms with Crippen molar-refractivity contribution < 1.29 is 5.11 Å². The van der Waals surface area contributed by atoms with Gasteiger partial charge in [0.2, 0.25) is 0 Å². The summed E-state index contributed by atoms with van der Waals surface area (Å²) in [6.07, 6.45) is 3.28. The van der Waals surface area contributed by atoms with E-state index in [9.17, 15) is 0 Å². The number of hydrogen-bond donors (Lipinski definition) is 2. The van der Waals surface area contributed by atoms with Crippen LogP contribution in [0.15, 0.2) is 18.5 Å². The number of nitrogens with zero attached hydrogens (tertiary/aromatic N) is 1. The third kappa shape index (κ3) is 2.57. The molecule has 0 saturated carbocycles. The van der Waals surface area contributed by atoms with Crippen molar-refractivity contribution in [1.82, 2.24) is 4.98 Å². The van der Waals surface area contributed by atoms with Crippen LogP contribution in [-0.2, 0) is 6.61 Å². The number of rotatable bonds is 1. The van der Waals surface area contributed by atoms with Crippen molar-refractivity contribution in [1.29, 1.82) is 0 Å². The van der Waals surface area contributed by atoms with Gasteiger partial charge in [0.15, 0.2) is 0 Å². The number of pyridine rings is 1. The summed E-state index contributed by atoms with van der Waals surface area (Å²) in [6, 6.07) is 1.81. The van der Waals surface area contributed by atoms with Crippen molar-refractivity contribution in [2.24, 2.45) is 0 Å². The van der Waals surface area contributed by atoms with Crippen LogP contribution >= 0.6 is 12.6 Å². The third-order valence-corrected chi connectivity index (χ3v) is 1.45. The molecule has 0 radical (unpaired) electrons. The molecule has 0 fully saturated rings. The highest BCUT2D eigenvalue weighted by atomic mass is 32.1. The number of aliphatic hydroxyl groups is 1. The van der Waals surface area contributed by atoms with E-state index in [-0.39, 0.29) is 6.61 Å². The first-order valence-corrected chi connectivity index (χ1v) is 4.14. The van der Waals surface area contributed by atoms with Crippen LogP contribution in [0, 0.1) is 11.8 Å². The standard InChI is InChI=1S/C9H9NOS/c11-7-9-4-8(2-1-3-12)5-10-6-9/h4-6,11-12H,3,7H2. The minimum Gasteiger partial charge on any atom is -0.392 e. The zero-order valence-electron chi connectivity index (χ0n) is 6.49. The lowest BCUT2D eigenvalue weighted by Gasteiger charge is -1.94. The minimum absolute atomic E-state index is 0.00337. The second-order valence-electron chi connectivity index (χ2n) is 2.20. The van der Waals surface area contributed by atoms with Crippen molar-refractivity contribution >= 4 is 12.6 Å². The van der Waals surface area contributed by atoms with Gasteiger partial charge in [-0.3, -0.25) is 4.98 Å². The topological polar surface area (TPSA) is 33.1 Å². The van der Waals surface area contributed by atoms with E-state index in [1.165, 1.54) is 0 Å². The summed E-state index contributed by atoms with van der Waals surface area (Å²) in [5.41, 5.74) is 1.59. The van der Waals surface area contributed by atoms with E-state index in [0.29, 0.717) is 5.75 Å². The fourth-order valence-corrected chi connectivity index (χ4v) is 0.863. The Labute approximate surface area is 77.1 Å². The molecule has 0 saturated heterocycles. The van der Waals surface area contributed by atoms with Gasteiger partial charge in [0.05, 0.1) is 12.4 Å². The van der Waals surface area contributed by atoms with Crippen LogP contribution in [0.1, 0.15) is 11.1 Å². The van der Waals surface area contributed by atoms with Crippen molar-refractivity contribution in [3.63, 3.8) is 0 Å². The molecule has 0 atom stereocenters. The van der Waals surface area contributed by atoms with E-state index < -0.39 is 0 Å². The predicted octanol–water partition coefficient (Wildman–Crippen LogP) is 0.855. The van der Waals surface area contributed by atoms with E-state index >= 15 is 0 Å². The number of aliphatic hydroxyl groups excluding tert-OH is 1. The first kappa shape index (κ1) is 9.11. The fraction of sp³-hybridized carbons (Fsp3) is 0.222. The Morgan fingerprint density at radius 3 is 3.00 bits per heavy atom. The van der Waals surface area contributed by atoms with Crippen LogP contribution < -0.4 is 0 Å². The van der Waals surface area contributed by atoms with Crippen LogP contribution in [0.2, 0.25) is 0 Å². The molecule has 0 aliphatic carbocycles. The lowest BCUT2D eigenvalue weighted by atomic mass is 10.2. The van der Waals surface area contributed by atoms with Gasteiger partial charge < -0.3 is 5.11 Å². The SMILES string of the molecule is OCc1cncc(C#CCS)c1. The minimum atomic E-state index is 0.00337. The molecule has 3 heteroatoms. The summed E-state index contributed by atoms with van der Waals surface area (Å²) in [5, 5.41) is 8.78. The van der Waals surface area contributed by atoms with Gasteiger partial charge in [-0.15, -0.1) is 0 Å². The fourth-order valence-electron chi connectivity index (χ4n) is 0.784. The zero-order valence-corrected chi connectivity index (χ0v) is 7.38. The molecule has 1 aromatic heterocycles. The Morgan fingerprint density at radius 1 is 1.50 bits per heavy atom. The summed E-state index contributed by atoms with van der Waals surface area (Å²) in [5.74, 6) is 6.21. The molecule has 2 nitrogen and oxygen atoms in total. The van der Waals surface area contributed by atoms with Crippen LogP contribution in [0.5, 0.6) is 0 Å². The average Bonchev–Trinajstić information content (AvgIpc) is 2.15. The smallest absolute Gasteiger partial charge is 0.0697 e. The molecule has 0 spiro atoms. The van der Waals surface area contributed by atoms with Gasteiger partial charge in [0, 0.05) is 18.0 Å². The van der Waals surface area contributed by atoms with Crippen LogP contribution in [0.3, 0.4) is 0 Å². The molecule has 0 unspecified atom stereocenters. The second kappa shape index (κ2) is 4.81. The summed E-state index contributed by atoms with van der Waals surface area (Å²) in [4.78, 5) is 3.92. The van der Waals surface area contributed by atoms with Crippen LogP contribution in [0.25, 0.3) is 0 Å². The van der Waals surface area contributed by atoms with E-state index in [1.807, 2.05) is 6.07 Å². The maximum Gasteiger partial charge on any atom is 0.0697 e. The highest BCUT2D eigenvalue weighted by molar-refractivity contribution is 7.80. The molecule has 0 aliphatic rings. The maximum atomic E-state index is 8.78. The highest BCUT2D eigenvalue weighted by Gasteiger charge is 1.91. The first-order chi connectivity index (χ1) is 5.86. The summed E-state index contributed by atoms with van der Waals surface area (Å²) < 4.78 is 0. The second-order valence-corrected chi connectivity index (χ2v) is 2.52. The average molecular weight is 179 g/mol. The Balaban J connectivity index is 2.86. The van der Waals surface area contributed by atoms with E-state index in [0.717, 1.165) is 11.1 Å². The van der Waals surface area contributed by atoms with Gasteiger partial charge in [0.1, 0.15) is 0 Å². The van der Waals surface area contributed by atoms with Crippen molar-refractivity contribution in [2.45, 2.75) is 6.61 Å². The van der Waals surface area contributed by atoms with Gasteiger partial charge in [0.25, 0.3) is 0 Å². The quantitative estimate of drug-likeness (QED) is 0.495. The summed E-state index contributed by atoms with van der Waals surface area (Å²) >= 11 is 3.96. The monoisotopic (exact) mass is 179 g/mol. The molecule has 1 rings (SSSR count). The van der Waals surface area contributed by atoms with Crippen LogP contribution in [-0.4, -0.2) is 15.8 Å². The normalized spacial score (nSPS) is 8.83. The molecule has 1 aromatic rings. The van der Waals surface area contributed by atoms with E-state index in [4.69, 9.17) is 5.11 Å². The maximum absolute atomic E-state index is 8.78. The largest absolute Gasteiger partial charge is 0.392 e. The van der Waals surface area contributed by atoms with Gasteiger partial charge in [-0.2, -0.15) is 12.6 Å². The van der Waals surface area contributed by atoms with Gasteiger partial charge in [-0.25, -0.2) is 0 Å². The van der Waals surface area contributed by atoms with Crippen molar-refractivity contribution in [3.05, 3.63) is 29.6 Å². The van der Waals surface area contributed by atoms with Gasteiger partial charge in [-0.05, 0) is 11.6 Å². The molecule has 0 amide bonds. The zero-order chi connectivity index (χ0) is 8.81. The highest BCUT2D eigenvalue weighted by Crippen LogP contribution is 2.00. The molecular weight excluding hydrogens is 170 g/mol. The summed E-state index contributed by atoms with van der Waals surface area (Å²) in [7, 11) is 0. The Morgan fingerprint density at radius 2 is 2.33 bits per heavy atom. The van der Waals surface area contributed by atoms with Crippen molar-refractivity contribution in [2.75, 3.05) is 5.75 Å². The molecular formula is C9H9NOS. The van der Waals surface area contributed by atoms with E-state index in [2.05, 4.69) is 29.5 Å². The number of thiol groups is 1. The molecule has 0 bridgehead atoms. The Bertz CT molecular complexity index is 314. The third-order valence-electron chi connectivity index (χ3n) is 1.29. The lowest BCUT2D eigenvalue weighted by Crippen LogP contribution is -1.86. The Hall–Kier alpha value is -0.980. The molecule has 1 heterocycles. The Kier molecular flexibility index (Phi) is 3.65. The van der Waals surface area contributed by atoms with Crippen LogP contribution in [0.4, 0.5) is 0 Å². The van der Waals surface area contributed by atoms with E-state index in [1.54, 1.807) is 12.4 Å². The first-order valence-electron chi connectivity index (χ1n) is 3.51. The van der Waals surface area contributed by atoms with Gasteiger partial charge >= 0.3 is 0 Å². The molecule has 1 N–H and O–H groups in total. The summed E-state index contributed by atoms with van der Waals surface area (Å²) in [6.45, 7) is 0.00337.